The molecule has 0 saturated carbocycles. The Balaban J connectivity index is 2.21. The fraction of sp³-hybridized carbons (Fsp3) is 0.214. The molecule has 2 aromatic rings. The first-order valence-corrected chi connectivity index (χ1v) is 7.68. The molecule has 1 aromatic heterocycles. The summed E-state index contributed by atoms with van der Waals surface area (Å²) in [4.78, 5) is 4.22. The van der Waals surface area contributed by atoms with Gasteiger partial charge in [-0.25, -0.2) is 13.4 Å². The number of hydrogen-bond acceptors (Lipinski definition) is 4. The van der Waals surface area contributed by atoms with Gasteiger partial charge in [-0.05, 0) is 49.4 Å². The molecular formula is C14H17N3O2S. The van der Waals surface area contributed by atoms with Crippen LogP contribution in [0, 0.1) is 6.92 Å². The first-order chi connectivity index (χ1) is 9.51. The summed E-state index contributed by atoms with van der Waals surface area (Å²) in [5, 5.41) is 3.01. The second-order valence-electron chi connectivity index (χ2n) is 4.50. The van der Waals surface area contributed by atoms with Crippen LogP contribution in [0.25, 0.3) is 0 Å². The lowest BCUT2D eigenvalue weighted by atomic mass is 10.2. The fourth-order valence-electron chi connectivity index (χ4n) is 1.78. The van der Waals surface area contributed by atoms with E-state index in [-0.39, 0.29) is 4.90 Å². The lowest BCUT2D eigenvalue weighted by Crippen LogP contribution is -2.14. The lowest BCUT2D eigenvalue weighted by molar-refractivity contribution is 0.601. The molecule has 20 heavy (non-hydrogen) atoms. The molecule has 6 heteroatoms. The Morgan fingerprint density at radius 1 is 1.15 bits per heavy atom. The average Bonchev–Trinajstić information content (AvgIpc) is 2.39. The van der Waals surface area contributed by atoms with Crippen LogP contribution in [0.3, 0.4) is 0 Å². The zero-order chi connectivity index (χ0) is 14.6. The molecule has 0 unspecified atom stereocenters. The number of hydrogen-bond donors (Lipinski definition) is 2. The largest absolute Gasteiger partial charge is 0.316 e. The summed E-state index contributed by atoms with van der Waals surface area (Å²) in [7, 11) is -1.75. The summed E-state index contributed by atoms with van der Waals surface area (Å²) in [6.45, 7) is 2.58. The minimum Gasteiger partial charge on any atom is -0.316 e. The molecule has 0 atom stereocenters. The second-order valence-corrected chi connectivity index (χ2v) is 6.18. The lowest BCUT2D eigenvalue weighted by Gasteiger charge is -2.08. The van der Waals surface area contributed by atoms with E-state index in [0.717, 1.165) is 11.1 Å². The van der Waals surface area contributed by atoms with Crippen LogP contribution >= 0.6 is 0 Å². The fourth-order valence-corrected chi connectivity index (χ4v) is 2.78. The Labute approximate surface area is 119 Å². The number of nitrogens with one attached hydrogen (secondary N) is 2. The quantitative estimate of drug-likeness (QED) is 0.883. The molecule has 5 nitrogen and oxygen atoms in total. The topological polar surface area (TPSA) is 71.1 Å². The molecule has 0 amide bonds. The van der Waals surface area contributed by atoms with Crippen molar-refractivity contribution in [2.24, 2.45) is 0 Å². The summed E-state index contributed by atoms with van der Waals surface area (Å²) in [5.74, 6) is 0.323. The molecule has 0 aliphatic rings. The van der Waals surface area contributed by atoms with Gasteiger partial charge in [-0.15, -0.1) is 0 Å². The molecule has 1 aromatic carbocycles. The minimum absolute atomic E-state index is 0.223. The van der Waals surface area contributed by atoms with E-state index >= 15 is 0 Å². The van der Waals surface area contributed by atoms with Gasteiger partial charge in [0.25, 0.3) is 10.0 Å². The van der Waals surface area contributed by atoms with Crippen LogP contribution in [0.5, 0.6) is 0 Å². The van der Waals surface area contributed by atoms with Gasteiger partial charge in [0, 0.05) is 12.7 Å². The van der Waals surface area contributed by atoms with E-state index in [4.69, 9.17) is 0 Å². The smallest absolute Gasteiger partial charge is 0.263 e. The molecule has 0 saturated heterocycles. The molecule has 1 heterocycles. The maximum atomic E-state index is 12.2. The van der Waals surface area contributed by atoms with Gasteiger partial charge in [0.15, 0.2) is 0 Å². The Bertz CT molecular complexity index is 682. The maximum absolute atomic E-state index is 12.2. The van der Waals surface area contributed by atoms with Crippen LogP contribution in [0.1, 0.15) is 11.1 Å². The van der Waals surface area contributed by atoms with Crippen molar-refractivity contribution in [3.63, 3.8) is 0 Å². The van der Waals surface area contributed by atoms with Gasteiger partial charge in [0.05, 0.1) is 4.90 Å². The molecule has 0 spiro atoms. The number of benzene rings is 1. The van der Waals surface area contributed by atoms with E-state index in [1.165, 1.54) is 0 Å². The van der Waals surface area contributed by atoms with Crippen molar-refractivity contribution < 1.29 is 8.42 Å². The molecule has 0 fully saturated rings. The normalized spacial score (nSPS) is 11.3. The van der Waals surface area contributed by atoms with Crippen molar-refractivity contribution in [2.75, 3.05) is 11.8 Å². The number of nitrogens with zero attached hydrogens (tertiary/aromatic N) is 1. The standard InChI is InChI=1S/C14H17N3O2S/c1-11-7-8-16-14(9-11)17-20(18,19)13-5-3-12(4-6-13)10-15-2/h3-9,15H,10H2,1-2H3,(H,16,17). The highest BCUT2D eigenvalue weighted by Crippen LogP contribution is 2.15. The highest BCUT2D eigenvalue weighted by Gasteiger charge is 2.14. The Kier molecular flexibility index (Phi) is 4.36. The predicted octanol–water partition coefficient (Wildman–Crippen LogP) is 1.91. The van der Waals surface area contributed by atoms with Gasteiger partial charge in [-0.2, -0.15) is 0 Å². The number of rotatable bonds is 5. The molecular weight excluding hydrogens is 274 g/mol. The molecule has 0 aliphatic carbocycles. The SMILES string of the molecule is CNCc1ccc(S(=O)(=O)Nc2cc(C)ccn2)cc1. The molecule has 0 radical (unpaired) electrons. The van der Waals surface area contributed by atoms with Crippen LogP contribution in [-0.2, 0) is 16.6 Å². The molecule has 106 valence electrons. The van der Waals surface area contributed by atoms with E-state index in [0.29, 0.717) is 12.4 Å². The third-order valence-electron chi connectivity index (χ3n) is 2.77. The maximum Gasteiger partial charge on any atom is 0.263 e. The first-order valence-electron chi connectivity index (χ1n) is 6.20. The van der Waals surface area contributed by atoms with E-state index in [9.17, 15) is 8.42 Å². The Morgan fingerprint density at radius 3 is 2.45 bits per heavy atom. The van der Waals surface area contributed by atoms with E-state index < -0.39 is 10.0 Å². The summed E-state index contributed by atoms with van der Waals surface area (Å²) in [6.07, 6.45) is 1.57. The van der Waals surface area contributed by atoms with Gasteiger partial charge in [-0.3, -0.25) is 4.72 Å². The van der Waals surface area contributed by atoms with Gasteiger partial charge in [0.2, 0.25) is 0 Å². The zero-order valence-corrected chi connectivity index (χ0v) is 12.2. The Morgan fingerprint density at radius 2 is 1.85 bits per heavy atom. The Hall–Kier alpha value is -1.92. The van der Waals surface area contributed by atoms with Crippen molar-refractivity contribution in [3.05, 3.63) is 53.7 Å². The third-order valence-corrected chi connectivity index (χ3v) is 4.14. The van der Waals surface area contributed by atoms with Crippen molar-refractivity contribution in [1.82, 2.24) is 10.3 Å². The average molecular weight is 291 g/mol. The van der Waals surface area contributed by atoms with E-state index in [1.807, 2.05) is 20.0 Å². The van der Waals surface area contributed by atoms with Crippen molar-refractivity contribution >= 4 is 15.8 Å². The highest BCUT2D eigenvalue weighted by molar-refractivity contribution is 7.92. The van der Waals surface area contributed by atoms with E-state index in [2.05, 4.69) is 15.0 Å². The van der Waals surface area contributed by atoms with Gasteiger partial charge in [0.1, 0.15) is 5.82 Å². The second kappa shape index (κ2) is 6.02. The van der Waals surface area contributed by atoms with Gasteiger partial charge in [-0.1, -0.05) is 12.1 Å². The first kappa shape index (κ1) is 14.5. The van der Waals surface area contributed by atoms with Crippen LogP contribution < -0.4 is 10.0 Å². The number of pyridine rings is 1. The summed E-state index contributed by atoms with van der Waals surface area (Å²) < 4.78 is 26.9. The molecule has 2 rings (SSSR count). The molecule has 0 aliphatic heterocycles. The molecule has 0 bridgehead atoms. The van der Waals surface area contributed by atoms with Crippen LogP contribution in [-0.4, -0.2) is 20.4 Å². The highest BCUT2D eigenvalue weighted by atomic mass is 32.2. The molecule has 2 N–H and O–H groups in total. The van der Waals surface area contributed by atoms with Crippen molar-refractivity contribution in [3.8, 4) is 0 Å². The van der Waals surface area contributed by atoms with Crippen molar-refractivity contribution in [1.29, 1.82) is 0 Å². The van der Waals surface area contributed by atoms with Crippen LogP contribution in [0.15, 0.2) is 47.5 Å². The number of aromatic nitrogens is 1. The monoisotopic (exact) mass is 291 g/mol. The van der Waals surface area contributed by atoms with Crippen LogP contribution in [0.2, 0.25) is 0 Å². The summed E-state index contributed by atoms with van der Waals surface area (Å²) in [5.41, 5.74) is 1.97. The van der Waals surface area contributed by atoms with Crippen molar-refractivity contribution in [2.45, 2.75) is 18.4 Å². The number of sulfonamides is 1. The number of anilines is 1. The van der Waals surface area contributed by atoms with Gasteiger partial charge < -0.3 is 5.32 Å². The van der Waals surface area contributed by atoms with E-state index in [1.54, 1.807) is 36.5 Å². The minimum atomic E-state index is -3.59. The third kappa shape index (κ3) is 3.55. The summed E-state index contributed by atoms with van der Waals surface area (Å²) >= 11 is 0. The summed E-state index contributed by atoms with van der Waals surface area (Å²) in [6, 6.07) is 10.2. The van der Waals surface area contributed by atoms with Gasteiger partial charge >= 0.3 is 0 Å². The predicted molar refractivity (Wildman–Crippen MR) is 79.0 cm³/mol. The van der Waals surface area contributed by atoms with Crippen LogP contribution in [0.4, 0.5) is 5.82 Å². The number of aryl methyl sites for hydroxylation is 1. The zero-order valence-electron chi connectivity index (χ0n) is 11.4.